The van der Waals surface area contributed by atoms with Crippen LogP contribution in [-0.2, 0) is 42.0 Å². The van der Waals surface area contributed by atoms with Crippen molar-refractivity contribution in [2.75, 3.05) is 0 Å². The fourth-order valence-electron chi connectivity index (χ4n) is 0. The monoisotopic (exact) mass is 434 g/mol. The van der Waals surface area contributed by atoms with Gasteiger partial charge in [0.2, 0.25) is 0 Å². The second-order valence-corrected chi connectivity index (χ2v) is 4.72. The van der Waals surface area contributed by atoms with E-state index in [4.69, 9.17) is 56.3 Å². The summed E-state index contributed by atoms with van der Waals surface area (Å²) >= 11 is 0. The largest absolute Gasteiger partial charge is 1.00 e. The molecule has 0 radical (unpaired) electrons. The van der Waals surface area contributed by atoms with Crippen LogP contribution in [0.25, 0.3) is 0 Å². The van der Waals surface area contributed by atoms with E-state index < -0.39 is 42.0 Å². The molecule has 0 aliphatic heterocycles. The van der Waals surface area contributed by atoms with E-state index in [1.807, 2.05) is 0 Å². The number of hydrogen-bond acceptors (Lipinski definition) is 12. The summed E-state index contributed by atoms with van der Waals surface area (Å²) in [5.74, 6) is 0. The van der Waals surface area contributed by atoms with Crippen LogP contribution in [-0.4, -0.2) is 51.9 Å². The smallest absolute Gasteiger partial charge is 1.00 e. The van der Waals surface area contributed by atoms with E-state index in [2.05, 4.69) is 7.18 Å². The zero-order valence-corrected chi connectivity index (χ0v) is 13.2. The maximum Gasteiger partial charge on any atom is 1.00 e. The Hall–Kier alpha value is -0.113. The minimum atomic E-state index is -5.42. The van der Waals surface area contributed by atoms with Crippen LogP contribution in [0.5, 0.6) is 0 Å². The molecule has 0 aliphatic carbocycles. The van der Waals surface area contributed by atoms with Gasteiger partial charge in [0, 0.05) is 0 Å². The first-order chi connectivity index (χ1) is 9.00. The minimum Gasteiger partial charge on any atom is 1.00 e. The Labute approximate surface area is 140 Å². The van der Waals surface area contributed by atoms with E-state index in [1.54, 1.807) is 0 Å². The van der Waals surface area contributed by atoms with Crippen molar-refractivity contribution in [1.29, 1.82) is 0 Å². The Morgan fingerprint density at radius 3 is 0.478 bits per heavy atom. The van der Waals surface area contributed by atoms with Gasteiger partial charge >= 0.3 is 30.4 Å². The van der Waals surface area contributed by atoms with Crippen LogP contribution in [0, 0.1) is 7.18 Å². The van der Waals surface area contributed by atoms with E-state index >= 15 is 0 Å². The van der Waals surface area contributed by atoms with Crippen LogP contribution in [0.2, 0.25) is 0 Å². The summed E-state index contributed by atoms with van der Waals surface area (Å²) in [4.78, 5) is 0. The third-order valence-electron chi connectivity index (χ3n) is 0. The molecule has 136 valence electrons. The molecule has 0 N–H and O–H groups in total. The van der Waals surface area contributed by atoms with Gasteiger partial charge in [0.15, 0.2) is 0 Å². The fourth-order valence-corrected chi connectivity index (χ4v) is 0. The second-order valence-electron chi connectivity index (χ2n) is 1.57. The molecule has 0 atom stereocenters. The quantitative estimate of drug-likeness (QED) is 0.151. The zero-order valence-electron chi connectivity index (χ0n) is 9.92. The SMILES string of the molecule is O=S(=O)([O-])F.O=S(=O)([O-])F.O=S(=O)([O-])F.O=S(=O)([O-])F.[C+3]F.[Li+]. The number of halogens is 5. The summed E-state index contributed by atoms with van der Waals surface area (Å²) in [6, 6.07) is 0. The van der Waals surface area contributed by atoms with Gasteiger partial charge in [-0.1, -0.05) is 0 Å². The Morgan fingerprint density at radius 2 is 0.478 bits per heavy atom. The molecule has 0 rings (SSSR count). The van der Waals surface area contributed by atoms with Crippen molar-refractivity contribution in [3.63, 3.8) is 0 Å². The molecule has 0 bridgehead atoms. The van der Waals surface area contributed by atoms with Crippen LogP contribution < -0.4 is 18.9 Å². The summed E-state index contributed by atoms with van der Waals surface area (Å²) in [7, 11) is -17.4. The molecule has 0 fully saturated rings. The summed E-state index contributed by atoms with van der Waals surface area (Å²) in [6.45, 7) is 0. The molecule has 0 spiro atoms. The van der Waals surface area contributed by atoms with Crippen LogP contribution in [0.15, 0.2) is 0 Å². The molecular weight excluding hydrogens is 434 g/mol. The van der Waals surface area contributed by atoms with Crippen molar-refractivity contribution in [2.24, 2.45) is 0 Å². The molecule has 0 unspecified atom stereocenters. The van der Waals surface area contributed by atoms with Gasteiger partial charge in [0.1, 0.15) is 0 Å². The predicted molar refractivity (Wildman–Crippen MR) is 47.6 cm³/mol. The maximum absolute atomic E-state index is 10.1. The Morgan fingerprint density at radius 1 is 0.478 bits per heavy atom. The molecule has 0 saturated heterocycles. The Balaban J connectivity index is -0.0000000398. The fraction of sp³-hybridized carbons (Fsp3) is 0. The molecule has 0 aromatic heterocycles. The summed E-state index contributed by atoms with van der Waals surface area (Å²) < 4.78 is 150. The topological polar surface area (TPSA) is 229 Å². The van der Waals surface area contributed by atoms with E-state index in [0.717, 1.165) is 0 Å². The van der Waals surface area contributed by atoms with Crippen LogP contribution >= 0.6 is 0 Å². The first kappa shape index (κ1) is 38.4. The van der Waals surface area contributed by atoms with E-state index in [0.29, 0.717) is 0 Å². The molecule has 0 aliphatic rings. The van der Waals surface area contributed by atoms with Gasteiger partial charge in [-0.2, -0.15) is 0 Å². The number of hydrogen-bond donors (Lipinski definition) is 0. The molecule has 0 heterocycles. The zero-order chi connectivity index (χ0) is 20.0. The molecule has 0 aromatic carbocycles. The van der Waals surface area contributed by atoms with Gasteiger partial charge in [0.25, 0.3) is 42.0 Å². The molecule has 22 heteroatoms. The van der Waals surface area contributed by atoms with Gasteiger partial charge in [0.05, 0.1) is 0 Å². The molecule has 0 saturated carbocycles. The van der Waals surface area contributed by atoms with Gasteiger partial charge < -0.3 is 18.2 Å². The predicted octanol–water partition coefficient (Wildman–Crippen LogP) is -4.83. The standard InChI is InChI=1S/CF.4FHO3S.Li/c1-2;4*1-5(2,3)4;/h;4*(H,2,3,4);/q+3;;;;;+1/p-4. The Kier molecular flexibility index (Phi) is 28.0. The average Bonchev–Trinajstić information content (AvgIpc) is 1.92. The summed E-state index contributed by atoms with van der Waals surface area (Å²) in [6.07, 6.45) is 0. The van der Waals surface area contributed by atoms with Crippen molar-refractivity contribution in [2.45, 2.75) is 0 Å². The molecule has 0 aromatic rings. The van der Waals surface area contributed by atoms with Crippen LogP contribution in [0.3, 0.4) is 0 Å². The third-order valence-corrected chi connectivity index (χ3v) is 0. The van der Waals surface area contributed by atoms with Gasteiger partial charge in [-0.05, 0) is 0 Å². The molecule has 23 heavy (non-hydrogen) atoms. The van der Waals surface area contributed by atoms with Crippen molar-refractivity contribution < 1.29 is 90.7 Å². The average molecular weight is 434 g/mol. The molecule has 0 amide bonds. The van der Waals surface area contributed by atoms with Gasteiger partial charge in [-0.25, -0.2) is 33.7 Å². The maximum atomic E-state index is 10.1. The molecule has 12 nitrogen and oxygen atoms in total. The molecular formula is CF5LiO12S4. The van der Waals surface area contributed by atoms with Crippen LogP contribution in [0.1, 0.15) is 0 Å². The van der Waals surface area contributed by atoms with Crippen LogP contribution in [0.4, 0.5) is 19.9 Å². The Bertz CT molecular complexity index is 494. The van der Waals surface area contributed by atoms with E-state index in [1.165, 1.54) is 0 Å². The van der Waals surface area contributed by atoms with Crippen molar-refractivity contribution in [3.05, 3.63) is 7.18 Å². The normalized spacial score (nSPS) is 10.4. The van der Waals surface area contributed by atoms with E-state index in [-0.39, 0.29) is 18.9 Å². The number of rotatable bonds is 0. The first-order valence-electron chi connectivity index (χ1n) is 2.81. The van der Waals surface area contributed by atoms with Crippen molar-refractivity contribution in [3.8, 4) is 0 Å². The van der Waals surface area contributed by atoms with E-state index in [9.17, 15) is 15.5 Å². The summed E-state index contributed by atoms with van der Waals surface area (Å²) in [5, 5.41) is 0. The van der Waals surface area contributed by atoms with Crippen molar-refractivity contribution in [1.82, 2.24) is 0 Å². The minimum absolute atomic E-state index is 0. The van der Waals surface area contributed by atoms with Gasteiger partial charge in [-0.3, -0.25) is 0 Å². The summed E-state index contributed by atoms with van der Waals surface area (Å²) in [5.41, 5.74) is 0. The van der Waals surface area contributed by atoms with Crippen molar-refractivity contribution >= 4 is 42.0 Å². The van der Waals surface area contributed by atoms with Gasteiger partial charge in [-0.15, -0.1) is 15.5 Å². The first-order valence-corrected chi connectivity index (χ1v) is 8.04. The second kappa shape index (κ2) is 16.7. The third kappa shape index (κ3) is 683000.